The molecule has 4 aromatic rings. The third kappa shape index (κ3) is 5.16. The zero-order valence-electron chi connectivity index (χ0n) is 20.4. The van der Waals surface area contributed by atoms with Gasteiger partial charge in [0.2, 0.25) is 0 Å². The van der Waals surface area contributed by atoms with E-state index in [1.54, 1.807) is 17.1 Å². The molecule has 0 radical (unpaired) electrons. The number of ether oxygens (including phenoxy) is 1. The summed E-state index contributed by atoms with van der Waals surface area (Å²) in [5.74, 6) is -0.170. The lowest BCUT2D eigenvalue weighted by atomic mass is 10.1. The molecule has 0 atom stereocenters. The van der Waals surface area contributed by atoms with Gasteiger partial charge in [0, 0.05) is 44.9 Å². The van der Waals surface area contributed by atoms with E-state index < -0.39 is 8.07 Å². The highest BCUT2D eigenvalue weighted by atomic mass is 35.5. The monoisotopic (exact) mass is 498 g/mol. The molecule has 0 fully saturated rings. The zero-order chi connectivity index (χ0) is 24.5. The molecular weight excluding hydrogens is 468 g/mol. The van der Waals surface area contributed by atoms with Crippen molar-refractivity contribution in [3.05, 3.63) is 41.2 Å². The number of aryl methyl sites for hydroxylation is 1. The van der Waals surface area contributed by atoms with Crippen molar-refractivity contribution in [1.82, 2.24) is 29.6 Å². The maximum absolute atomic E-state index is 12.9. The summed E-state index contributed by atoms with van der Waals surface area (Å²) in [6.07, 6.45) is 4.33. The minimum atomic E-state index is -1.19. The van der Waals surface area contributed by atoms with Crippen LogP contribution in [0, 0.1) is 0 Å². The fraction of sp³-hybridized carbons (Fsp3) is 0.417. The van der Waals surface area contributed by atoms with Crippen molar-refractivity contribution in [2.45, 2.75) is 45.8 Å². The quantitative estimate of drug-likeness (QED) is 0.256. The molecule has 0 aliphatic heterocycles. The second-order valence-corrected chi connectivity index (χ2v) is 15.7. The Balaban J connectivity index is 1.74. The molecule has 0 saturated carbocycles. The van der Waals surface area contributed by atoms with Crippen LogP contribution in [0.1, 0.15) is 23.7 Å². The van der Waals surface area contributed by atoms with Crippen molar-refractivity contribution in [3.63, 3.8) is 0 Å². The lowest BCUT2D eigenvalue weighted by Crippen LogP contribution is -2.24. The van der Waals surface area contributed by atoms with Crippen molar-refractivity contribution in [2.24, 2.45) is 7.05 Å². The summed E-state index contributed by atoms with van der Waals surface area (Å²) >= 11 is 6.18. The maximum Gasteiger partial charge on any atom is 0.255 e. The first-order valence-electron chi connectivity index (χ1n) is 11.5. The average Bonchev–Trinajstić information content (AvgIpc) is 3.31. The van der Waals surface area contributed by atoms with Gasteiger partial charge in [-0.25, -0.2) is 9.97 Å². The van der Waals surface area contributed by atoms with Crippen molar-refractivity contribution in [3.8, 4) is 11.4 Å². The van der Waals surface area contributed by atoms with Gasteiger partial charge >= 0.3 is 0 Å². The number of hydrogen-bond donors (Lipinski definition) is 1. The highest BCUT2D eigenvalue weighted by Crippen LogP contribution is 2.30. The molecule has 0 spiro atoms. The summed E-state index contributed by atoms with van der Waals surface area (Å²) in [4.78, 5) is 22.5. The lowest BCUT2D eigenvalue weighted by Gasteiger charge is -2.15. The van der Waals surface area contributed by atoms with Crippen LogP contribution >= 0.6 is 11.6 Å². The highest BCUT2D eigenvalue weighted by Gasteiger charge is 2.21. The summed E-state index contributed by atoms with van der Waals surface area (Å²) in [6.45, 7) is 10.6. The Kier molecular flexibility index (Phi) is 7.06. The van der Waals surface area contributed by atoms with E-state index in [9.17, 15) is 4.79 Å². The van der Waals surface area contributed by atoms with Crippen molar-refractivity contribution in [1.29, 1.82) is 0 Å². The van der Waals surface area contributed by atoms with Crippen LogP contribution in [0.3, 0.4) is 0 Å². The topological polar surface area (TPSA) is 86.9 Å². The first-order chi connectivity index (χ1) is 16.2. The van der Waals surface area contributed by atoms with Crippen molar-refractivity contribution < 1.29 is 9.53 Å². The van der Waals surface area contributed by atoms with Gasteiger partial charge in [-0.15, -0.1) is 0 Å². The number of nitrogens with one attached hydrogen (secondary N) is 1. The fourth-order valence-electron chi connectivity index (χ4n) is 3.73. The van der Waals surface area contributed by atoms with E-state index in [0.29, 0.717) is 53.0 Å². The van der Waals surface area contributed by atoms with Gasteiger partial charge < -0.3 is 14.6 Å². The Hall–Kier alpha value is -2.75. The molecule has 0 bridgehead atoms. The Morgan fingerprint density at radius 1 is 1.26 bits per heavy atom. The summed E-state index contributed by atoms with van der Waals surface area (Å²) in [7, 11) is 0.678. The third-order valence-electron chi connectivity index (χ3n) is 5.63. The lowest BCUT2D eigenvalue weighted by molar-refractivity contribution is 0.0892. The van der Waals surface area contributed by atoms with E-state index in [1.807, 2.05) is 36.7 Å². The second-order valence-electron chi connectivity index (χ2n) is 9.68. The van der Waals surface area contributed by atoms with E-state index >= 15 is 0 Å². The molecular formula is C24H31ClN6O2Si. The predicted octanol–water partition coefficient (Wildman–Crippen LogP) is 5.09. The van der Waals surface area contributed by atoms with Crippen molar-refractivity contribution in [2.75, 3.05) is 13.2 Å². The summed E-state index contributed by atoms with van der Waals surface area (Å²) in [5, 5.41) is 9.17. The number of rotatable bonds is 9. The fourth-order valence-corrected chi connectivity index (χ4v) is 4.65. The van der Waals surface area contributed by atoms with Gasteiger partial charge in [0.25, 0.3) is 5.91 Å². The van der Waals surface area contributed by atoms with Crippen LogP contribution in [-0.4, -0.2) is 51.4 Å². The minimum Gasteiger partial charge on any atom is -0.361 e. The van der Waals surface area contributed by atoms with E-state index in [-0.39, 0.29) is 5.91 Å². The first kappa shape index (κ1) is 24.4. The van der Waals surface area contributed by atoms with Crippen LogP contribution in [0.4, 0.5) is 0 Å². The molecule has 1 N–H and O–H groups in total. The van der Waals surface area contributed by atoms with Crippen molar-refractivity contribution >= 4 is 47.6 Å². The molecule has 3 heterocycles. The van der Waals surface area contributed by atoms with E-state index in [1.165, 1.54) is 0 Å². The maximum atomic E-state index is 12.9. The molecule has 10 heteroatoms. The van der Waals surface area contributed by atoms with E-state index in [0.717, 1.165) is 23.4 Å². The molecule has 1 aromatic carbocycles. The number of nitrogens with zero attached hydrogens (tertiary/aromatic N) is 5. The molecule has 0 aliphatic rings. The SMILES string of the molecule is CCCNC(=O)c1cn(COCC[Si](C)(C)C)c2ncc(-c3nn(C)c4cc(Cl)ccc34)nc12. The highest BCUT2D eigenvalue weighted by molar-refractivity contribution is 6.76. The number of halogens is 1. The molecule has 0 saturated heterocycles. The van der Waals surface area contributed by atoms with Crippen LogP contribution in [0.15, 0.2) is 30.6 Å². The average molecular weight is 499 g/mol. The molecule has 180 valence electrons. The summed E-state index contributed by atoms with van der Waals surface area (Å²) < 4.78 is 9.56. The standard InChI is InChI=1S/C24H31ClN6O2Si/c1-6-9-26-24(32)18-14-31(15-33-10-11-34(3,4)5)23-22(18)28-19(13-27-23)21-17-8-7-16(25)12-20(17)30(2)29-21/h7-8,12-14H,6,9-11,15H2,1-5H3,(H,26,32). The number of fused-ring (bicyclic) bond motifs is 2. The molecule has 4 rings (SSSR count). The Bertz CT molecular complexity index is 1340. The zero-order valence-corrected chi connectivity index (χ0v) is 22.1. The number of amides is 1. The van der Waals surface area contributed by atoms with Gasteiger partial charge in [-0.1, -0.05) is 38.2 Å². The smallest absolute Gasteiger partial charge is 0.255 e. The van der Waals surface area contributed by atoms with E-state index in [2.05, 4.69) is 35.0 Å². The predicted molar refractivity (Wildman–Crippen MR) is 139 cm³/mol. The van der Waals surface area contributed by atoms with Crippen LogP contribution in [0.2, 0.25) is 30.7 Å². The van der Waals surface area contributed by atoms with Crippen LogP contribution < -0.4 is 5.32 Å². The normalized spacial score (nSPS) is 12.1. The van der Waals surface area contributed by atoms with Gasteiger partial charge in [-0.2, -0.15) is 5.10 Å². The number of carbonyl (C=O) groups is 1. The largest absolute Gasteiger partial charge is 0.361 e. The van der Waals surface area contributed by atoms with Gasteiger partial charge in [0.05, 0.1) is 17.3 Å². The summed E-state index contributed by atoms with van der Waals surface area (Å²) in [5.41, 5.74) is 3.83. The van der Waals surface area contributed by atoms with Gasteiger partial charge in [-0.05, 0) is 30.7 Å². The van der Waals surface area contributed by atoms with Crippen LogP contribution in [0.5, 0.6) is 0 Å². The van der Waals surface area contributed by atoms with Crippen LogP contribution in [0.25, 0.3) is 33.5 Å². The van der Waals surface area contributed by atoms with Gasteiger partial charge in [0.1, 0.15) is 23.6 Å². The van der Waals surface area contributed by atoms with Gasteiger partial charge in [0.15, 0.2) is 5.65 Å². The molecule has 0 unspecified atom stereocenters. The van der Waals surface area contributed by atoms with E-state index in [4.69, 9.17) is 21.3 Å². The number of benzene rings is 1. The molecule has 3 aromatic heterocycles. The van der Waals surface area contributed by atoms with Gasteiger partial charge in [-0.3, -0.25) is 9.48 Å². The number of hydrogen-bond acceptors (Lipinski definition) is 5. The first-order valence-corrected chi connectivity index (χ1v) is 15.6. The third-order valence-corrected chi connectivity index (χ3v) is 7.57. The Morgan fingerprint density at radius 2 is 2.06 bits per heavy atom. The minimum absolute atomic E-state index is 0.170. The number of carbonyl (C=O) groups excluding carboxylic acids is 1. The number of aromatic nitrogens is 5. The Labute approximate surface area is 205 Å². The summed E-state index contributed by atoms with van der Waals surface area (Å²) in [6, 6.07) is 6.71. The molecule has 1 amide bonds. The van der Waals surface area contributed by atoms with Crippen LogP contribution in [-0.2, 0) is 18.5 Å². The molecule has 0 aliphatic carbocycles. The second kappa shape index (κ2) is 9.85. The molecule has 34 heavy (non-hydrogen) atoms. The Morgan fingerprint density at radius 3 is 2.79 bits per heavy atom. The molecule has 8 nitrogen and oxygen atoms in total.